The molecule has 2 rings (SSSR count). The van der Waals surface area contributed by atoms with Crippen LogP contribution in [0.1, 0.15) is 19.3 Å². The smallest absolute Gasteiger partial charge is 0.321 e. The van der Waals surface area contributed by atoms with Crippen LogP contribution in [0, 0.1) is 5.82 Å². The predicted octanol–water partition coefficient (Wildman–Crippen LogP) is 3.20. The third-order valence-electron chi connectivity index (χ3n) is 2.92. The van der Waals surface area contributed by atoms with Gasteiger partial charge in [-0.15, -0.1) is 0 Å². The molecular formula is C12H14ClFN2O2. The molecule has 1 aromatic rings. The molecular weight excluding hydrogens is 259 g/mol. The van der Waals surface area contributed by atoms with Crippen molar-refractivity contribution in [3.63, 3.8) is 0 Å². The summed E-state index contributed by atoms with van der Waals surface area (Å²) >= 11 is 5.56. The molecule has 0 aliphatic carbocycles. The molecule has 2 amide bonds. The molecule has 0 radical (unpaired) electrons. The van der Waals surface area contributed by atoms with Crippen LogP contribution in [0.5, 0.6) is 5.75 Å². The van der Waals surface area contributed by atoms with Crippen LogP contribution >= 0.6 is 11.6 Å². The minimum atomic E-state index is -0.664. The fraction of sp³-hybridized carbons (Fsp3) is 0.417. The van der Waals surface area contributed by atoms with E-state index in [2.05, 4.69) is 5.32 Å². The zero-order valence-corrected chi connectivity index (χ0v) is 10.5. The Morgan fingerprint density at radius 2 is 2.00 bits per heavy atom. The molecule has 0 bridgehead atoms. The molecule has 18 heavy (non-hydrogen) atoms. The van der Waals surface area contributed by atoms with E-state index in [0.29, 0.717) is 13.1 Å². The van der Waals surface area contributed by atoms with Gasteiger partial charge >= 0.3 is 6.03 Å². The van der Waals surface area contributed by atoms with E-state index in [4.69, 9.17) is 11.6 Å². The van der Waals surface area contributed by atoms with Gasteiger partial charge in [-0.05, 0) is 25.3 Å². The third kappa shape index (κ3) is 2.85. The molecule has 0 saturated carbocycles. The first-order valence-electron chi connectivity index (χ1n) is 5.82. The molecule has 1 heterocycles. The summed E-state index contributed by atoms with van der Waals surface area (Å²) in [5, 5.41) is 11.7. The highest BCUT2D eigenvalue weighted by atomic mass is 35.5. The first kappa shape index (κ1) is 13.0. The molecule has 1 aliphatic rings. The zero-order valence-electron chi connectivity index (χ0n) is 9.75. The number of piperidine rings is 1. The van der Waals surface area contributed by atoms with Crippen molar-refractivity contribution in [1.29, 1.82) is 0 Å². The number of amides is 2. The van der Waals surface area contributed by atoms with Crippen molar-refractivity contribution in [2.75, 3.05) is 18.4 Å². The van der Waals surface area contributed by atoms with Gasteiger partial charge in [-0.2, -0.15) is 0 Å². The number of nitrogens with one attached hydrogen (secondary N) is 1. The molecule has 1 fully saturated rings. The maximum atomic E-state index is 13.5. The van der Waals surface area contributed by atoms with Gasteiger partial charge in [0.05, 0.1) is 10.7 Å². The molecule has 1 aliphatic heterocycles. The number of anilines is 1. The van der Waals surface area contributed by atoms with Gasteiger partial charge in [0.25, 0.3) is 0 Å². The van der Waals surface area contributed by atoms with Gasteiger partial charge in [-0.25, -0.2) is 9.18 Å². The Kier molecular flexibility index (Phi) is 3.91. The summed E-state index contributed by atoms with van der Waals surface area (Å²) in [5.74, 6) is -0.921. The number of rotatable bonds is 1. The number of benzene rings is 1. The average Bonchev–Trinajstić information content (AvgIpc) is 2.37. The minimum Gasteiger partial charge on any atom is -0.506 e. The monoisotopic (exact) mass is 272 g/mol. The quantitative estimate of drug-likeness (QED) is 0.825. The predicted molar refractivity (Wildman–Crippen MR) is 67.5 cm³/mol. The Morgan fingerprint density at radius 1 is 1.33 bits per heavy atom. The summed E-state index contributed by atoms with van der Waals surface area (Å²) in [6, 6.07) is 1.73. The lowest BCUT2D eigenvalue weighted by Crippen LogP contribution is -2.38. The van der Waals surface area contributed by atoms with Gasteiger partial charge in [-0.1, -0.05) is 11.6 Å². The fourth-order valence-electron chi connectivity index (χ4n) is 1.92. The fourth-order valence-corrected chi connectivity index (χ4v) is 2.07. The molecule has 0 unspecified atom stereocenters. The van der Waals surface area contributed by atoms with Gasteiger partial charge in [0.2, 0.25) is 0 Å². The van der Waals surface area contributed by atoms with E-state index in [9.17, 15) is 14.3 Å². The van der Waals surface area contributed by atoms with Crippen LogP contribution in [0.15, 0.2) is 12.1 Å². The molecule has 2 N–H and O–H groups in total. The summed E-state index contributed by atoms with van der Waals surface area (Å²) < 4.78 is 13.5. The molecule has 0 spiro atoms. The first-order chi connectivity index (χ1) is 8.58. The zero-order chi connectivity index (χ0) is 13.1. The Hall–Kier alpha value is -1.49. The van der Waals surface area contributed by atoms with Crippen LogP contribution in [0.3, 0.4) is 0 Å². The highest BCUT2D eigenvalue weighted by molar-refractivity contribution is 6.32. The van der Waals surface area contributed by atoms with E-state index in [1.807, 2.05) is 0 Å². The van der Waals surface area contributed by atoms with Gasteiger partial charge in [0.1, 0.15) is 11.6 Å². The van der Waals surface area contributed by atoms with Crippen LogP contribution in [0.4, 0.5) is 14.9 Å². The van der Waals surface area contributed by atoms with Crippen molar-refractivity contribution in [2.45, 2.75) is 19.3 Å². The number of phenols is 1. The van der Waals surface area contributed by atoms with E-state index in [-0.39, 0.29) is 22.5 Å². The van der Waals surface area contributed by atoms with Crippen molar-refractivity contribution >= 4 is 23.3 Å². The summed E-state index contributed by atoms with van der Waals surface area (Å²) in [6.07, 6.45) is 3.03. The molecule has 0 atom stereocenters. The number of nitrogens with zero attached hydrogens (tertiary/aromatic N) is 1. The molecule has 0 aromatic heterocycles. The number of phenolic OH excluding ortho intramolecular Hbond substituents is 1. The van der Waals surface area contributed by atoms with Crippen LogP contribution in [-0.2, 0) is 0 Å². The standard InChI is InChI=1S/C12H14ClFN2O2/c13-8-6-9(14)10(7-11(8)17)15-12(18)16-4-2-1-3-5-16/h6-7,17H,1-5H2,(H,15,18). The van der Waals surface area contributed by atoms with E-state index in [0.717, 1.165) is 31.4 Å². The second-order valence-corrected chi connectivity index (χ2v) is 4.67. The van der Waals surface area contributed by atoms with Gasteiger partial charge in [0, 0.05) is 19.2 Å². The van der Waals surface area contributed by atoms with Crippen molar-refractivity contribution in [3.8, 4) is 5.75 Å². The van der Waals surface area contributed by atoms with Gasteiger partial charge in [0.15, 0.2) is 0 Å². The van der Waals surface area contributed by atoms with Crippen LogP contribution in [0.2, 0.25) is 5.02 Å². The van der Waals surface area contributed by atoms with Gasteiger partial charge < -0.3 is 15.3 Å². The van der Waals surface area contributed by atoms with E-state index >= 15 is 0 Å². The number of likely N-dealkylation sites (tertiary alicyclic amines) is 1. The summed E-state index contributed by atoms with van der Waals surface area (Å²) in [7, 11) is 0. The Labute approximate surface area is 109 Å². The van der Waals surface area contributed by atoms with E-state index in [1.165, 1.54) is 0 Å². The normalized spacial score (nSPS) is 15.6. The number of hydrogen-bond acceptors (Lipinski definition) is 2. The second-order valence-electron chi connectivity index (χ2n) is 4.26. The highest BCUT2D eigenvalue weighted by Gasteiger charge is 2.18. The molecule has 6 heteroatoms. The lowest BCUT2D eigenvalue weighted by Gasteiger charge is -2.26. The summed E-state index contributed by atoms with van der Waals surface area (Å²) in [6.45, 7) is 1.35. The van der Waals surface area contributed by atoms with Crippen molar-refractivity contribution < 1.29 is 14.3 Å². The number of urea groups is 1. The van der Waals surface area contributed by atoms with E-state index < -0.39 is 5.82 Å². The van der Waals surface area contributed by atoms with Crippen molar-refractivity contribution in [1.82, 2.24) is 4.90 Å². The SMILES string of the molecule is O=C(Nc1cc(O)c(Cl)cc1F)N1CCCCC1. The minimum absolute atomic E-state index is 0.0625. The number of hydrogen-bond donors (Lipinski definition) is 2. The average molecular weight is 273 g/mol. The maximum Gasteiger partial charge on any atom is 0.321 e. The lowest BCUT2D eigenvalue weighted by molar-refractivity contribution is 0.200. The number of halogens is 2. The summed E-state index contributed by atoms with van der Waals surface area (Å²) in [5.41, 5.74) is -0.0625. The Balaban J connectivity index is 2.08. The maximum absolute atomic E-state index is 13.5. The lowest BCUT2D eigenvalue weighted by atomic mass is 10.1. The Bertz CT molecular complexity index is 462. The largest absolute Gasteiger partial charge is 0.506 e. The number of carbonyl (C=O) groups is 1. The summed E-state index contributed by atoms with van der Waals surface area (Å²) in [4.78, 5) is 13.5. The third-order valence-corrected chi connectivity index (χ3v) is 3.22. The molecule has 4 nitrogen and oxygen atoms in total. The number of carbonyl (C=O) groups excluding carboxylic acids is 1. The highest BCUT2D eigenvalue weighted by Crippen LogP contribution is 2.29. The first-order valence-corrected chi connectivity index (χ1v) is 6.19. The molecule has 1 aromatic carbocycles. The van der Waals surface area contributed by atoms with Crippen molar-refractivity contribution in [3.05, 3.63) is 23.0 Å². The number of aromatic hydroxyl groups is 1. The van der Waals surface area contributed by atoms with Crippen LogP contribution in [-0.4, -0.2) is 29.1 Å². The molecule has 98 valence electrons. The van der Waals surface area contributed by atoms with Gasteiger partial charge in [-0.3, -0.25) is 0 Å². The van der Waals surface area contributed by atoms with Crippen LogP contribution in [0.25, 0.3) is 0 Å². The van der Waals surface area contributed by atoms with Crippen molar-refractivity contribution in [2.24, 2.45) is 0 Å². The van der Waals surface area contributed by atoms with E-state index in [1.54, 1.807) is 4.90 Å². The topological polar surface area (TPSA) is 52.6 Å². The second kappa shape index (κ2) is 5.44. The van der Waals surface area contributed by atoms with Crippen LogP contribution < -0.4 is 5.32 Å². The molecule has 1 saturated heterocycles. The Morgan fingerprint density at radius 3 is 2.67 bits per heavy atom.